The topological polar surface area (TPSA) is 12.0 Å². The molecular formula is C17H31N. The van der Waals surface area contributed by atoms with Gasteiger partial charge in [-0.25, -0.2) is 0 Å². The van der Waals surface area contributed by atoms with Crippen molar-refractivity contribution in [3.8, 4) is 0 Å². The van der Waals surface area contributed by atoms with Crippen LogP contribution in [-0.2, 0) is 0 Å². The molecule has 2 bridgehead atoms. The Kier molecular flexibility index (Phi) is 3.25. The highest BCUT2D eigenvalue weighted by atomic mass is 15.0. The Morgan fingerprint density at radius 3 is 2.39 bits per heavy atom. The lowest BCUT2D eigenvalue weighted by Gasteiger charge is -2.40. The van der Waals surface area contributed by atoms with E-state index in [1.807, 2.05) is 0 Å². The molecule has 1 nitrogen and oxygen atoms in total. The van der Waals surface area contributed by atoms with Crippen LogP contribution in [-0.4, -0.2) is 12.6 Å². The molecule has 0 aromatic carbocycles. The van der Waals surface area contributed by atoms with E-state index in [-0.39, 0.29) is 0 Å². The van der Waals surface area contributed by atoms with E-state index in [0.29, 0.717) is 10.8 Å². The quantitative estimate of drug-likeness (QED) is 0.763. The van der Waals surface area contributed by atoms with Crippen LogP contribution in [0.5, 0.6) is 0 Å². The highest BCUT2D eigenvalue weighted by Crippen LogP contribution is 2.58. The second-order valence-electron chi connectivity index (χ2n) is 8.66. The molecule has 1 N–H and O–H groups in total. The van der Waals surface area contributed by atoms with E-state index in [0.717, 1.165) is 17.9 Å². The fraction of sp³-hybridized carbons (Fsp3) is 1.00. The molecule has 18 heavy (non-hydrogen) atoms. The van der Waals surface area contributed by atoms with E-state index in [1.54, 1.807) is 6.42 Å². The summed E-state index contributed by atoms with van der Waals surface area (Å²) in [4.78, 5) is 0. The molecule has 0 saturated heterocycles. The average molecular weight is 249 g/mol. The maximum atomic E-state index is 3.86. The van der Waals surface area contributed by atoms with E-state index >= 15 is 0 Å². The Hall–Kier alpha value is -0.0400. The van der Waals surface area contributed by atoms with Crippen LogP contribution in [0.3, 0.4) is 0 Å². The Morgan fingerprint density at radius 1 is 1.11 bits per heavy atom. The van der Waals surface area contributed by atoms with Crippen LogP contribution >= 0.6 is 0 Å². The van der Waals surface area contributed by atoms with E-state index in [4.69, 9.17) is 0 Å². The third-order valence-electron chi connectivity index (χ3n) is 5.80. The first kappa shape index (κ1) is 13.0. The van der Waals surface area contributed by atoms with E-state index < -0.39 is 0 Å². The summed E-state index contributed by atoms with van der Waals surface area (Å²) in [7, 11) is 0. The maximum Gasteiger partial charge on any atom is 0.00684 e. The van der Waals surface area contributed by atoms with Gasteiger partial charge in [-0.05, 0) is 67.6 Å². The van der Waals surface area contributed by atoms with Gasteiger partial charge in [0.05, 0.1) is 0 Å². The Labute approximate surface area is 113 Å². The van der Waals surface area contributed by atoms with Crippen molar-refractivity contribution in [1.29, 1.82) is 0 Å². The zero-order chi connectivity index (χ0) is 12.8. The molecule has 1 heteroatoms. The molecule has 0 aliphatic heterocycles. The highest BCUT2D eigenvalue weighted by molar-refractivity contribution is 5.02. The Morgan fingerprint density at radius 2 is 1.89 bits per heavy atom. The van der Waals surface area contributed by atoms with Gasteiger partial charge in [-0.1, -0.05) is 27.2 Å². The lowest BCUT2D eigenvalue weighted by Crippen LogP contribution is -2.40. The number of fused-ring (bicyclic) bond motifs is 2. The van der Waals surface area contributed by atoms with E-state index in [9.17, 15) is 0 Å². The first-order chi connectivity index (χ1) is 8.47. The summed E-state index contributed by atoms with van der Waals surface area (Å²) in [5.74, 6) is 2.13. The summed E-state index contributed by atoms with van der Waals surface area (Å²) in [6.07, 6.45) is 11.9. The molecule has 104 valence electrons. The van der Waals surface area contributed by atoms with Gasteiger partial charge in [-0.15, -0.1) is 0 Å². The van der Waals surface area contributed by atoms with Gasteiger partial charge in [0.2, 0.25) is 0 Å². The van der Waals surface area contributed by atoms with Crippen LogP contribution in [0.2, 0.25) is 0 Å². The van der Waals surface area contributed by atoms with Crippen molar-refractivity contribution in [3.63, 3.8) is 0 Å². The van der Waals surface area contributed by atoms with Gasteiger partial charge in [0.25, 0.3) is 0 Å². The molecule has 0 aromatic rings. The number of hydrogen-bond acceptors (Lipinski definition) is 1. The Bertz CT molecular complexity index is 299. The van der Waals surface area contributed by atoms with Crippen molar-refractivity contribution in [2.45, 2.75) is 78.2 Å². The molecule has 3 atom stereocenters. The Balaban J connectivity index is 1.63. The van der Waals surface area contributed by atoms with E-state index in [2.05, 4.69) is 26.1 Å². The highest BCUT2D eigenvalue weighted by Gasteiger charge is 2.50. The van der Waals surface area contributed by atoms with Gasteiger partial charge < -0.3 is 5.32 Å². The molecule has 0 amide bonds. The lowest BCUT2D eigenvalue weighted by molar-refractivity contribution is 0.120. The van der Waals surface area contributed by atoms with Crippen LogP contribution < -0.4 is 5.32 Å². The summed E-state index contributed by atoms with van der Waals surface area (Å²) >= 11 is 0. The van der Waals surface area contributed by atoms with Crippen LogP contribution in [0.1, 0.15) is 72.1 Å². The minimum atomic E-state index is 0.508. The van der Waals surface area contributed by atoms with Gasteiger partial charge in [0.1, 0.15) is 0 Å². The zero-order valence-corrected chi connectivity index (χ0v) is 12.6. The number of rotatable bonds is 5. The summed E-state index contributed by atoms with van der Waals surface area (Å²) in [5.41, 5.74) is 1.19. The second kappa shape index (κ2) is 4.51. The van der Waals surface area contributed by atoms with Crippen molar-refractivity contribution in [2.75, 3.05) is 6.54 Å². The molecule has 3 saturated carbocycles. The normalized spacial score (nSPS) is 39.5. The first-order valence-corrected chi connectivity index (χ1v) is 8.20. The molecule has 3 unspecified atom stereocenters. The smallest absolute Gasteiger partial charge is 0.00684 e. The first-order valence-electron chi connectivity index (χ1n) is 8.20. The molecule has 0 spiro atoms. The van der Waals surface area contributed by atoms with Crippen LogP contribution in [0.15, 0.2) is 0 Å². The van der Waals surface area contributed by atoms with Crippen LogP contribution in [0.4, 0.5) is 0 Å². The zero-order valence-electron chi connectivity index (χ0n) is 12.6. The third-order valence-corrected chi connectivity index (χ3v) is 5.80. The molecule has 0 aromatic heterocycles. The fourth-order valence-electron chi connectivity index (χ4n) is 4.43. The molecule has 3 rings (SSSR count). The summed E-state index contributed by atoms with van der Waals surface area (Å²) < 4.78 is 0. The fourth-order valence-corrected chi connectivity index (χ4v) is 4.43. The molecule has 0 radical (unpaired) electrons. The van der Waals surface area contributed by atoms with Crippen molar-refractivity contribution in [3.05, 3.63) is 0 Å². The monoisotopic (exact) mass is 249 g/mol. The number of nitrogens with one attached hydrogen (secondary N) is 1. The summed E-state index contributed by atoms with van der Waals surface area (Å²) in [6.45, 7) is 8.54. The molecule has 0 heterocycles. The lowest BCUT2D eigenvalue weighted by atomic mass is 9.68. The molecule has 3 aliphatic carbocycles. The minimum absolute atomic E-state index is 0.508. The molecular weight excluding hydrogens is 218 g/mol. The summed E-state index contributed by atoms with van der Waals surface area (Å²) in [6, 6.07) is 0.885. The molecule has 3 aliphatic rings. The standard InChI is InChI=1S/C17H31N/c1-16(2,3)8-9-17(12-18-15-6-7-15)11-13-4-5-14(17)10-13/h13-15,18H,4-12H2,1-3H3. The third kappa shape index (κ3) is 2.76. The SMILES string of the molecule is CC(C)(C)CCC1(CNC2CC2)CC2CCC1C2. The van der Waals surface area contributed by atoms with E-state index in [1.165, 1.54) is 51.5 Å². The number of hydrogen-bond donors (Lipinski definition) is 1. The van der Waals surface area contributed by atoms with Gasteiger partial charge in [-0.3, -0.25) is 0 Å². The predicted molar refractivity (Wildman–Crippen MR) is 77.6 cm³/mol. The maximum absolute atomic E-state index is 3.86. The van der Waals surface area contributed by atoms with Gasteiger partial charge in [0, 0.05) is 12.6 Å². The molecule has 3 fully saturated rings. The van der Waals surface area contributed by atoms with Crippen LogP contribution in [0, 0.1) is 22.7 Å². The largest absolute Gasteiger partial charge is 0.313 e. The van der Waals surface area contributed by atoms with Crippen LogP contribution in [0.25, 0.3) is 0 Å². The van der Waals surface area contributed by atoms with Crippen molar-refractivity contribution >= 4 is 0 Å². The van der Waals surface area contributed by atoms with Crippen molar-refractivity contribution in [1.82, 2.24) is 5.32 Å². The van der Waals surface area contributed by atoms with Crippen molar-refractivity contribution in [2.24, 2.45) is 22.7 Å². The van der Waals surface area contributed by atoms with Gasteiger partial charge in [0.15, 0.2) is 0 Å². The second-order valence-corrected chi connectivity index (χ2v) is 8.66. The predicted octanol–water partition coefficient (Wildman–Crippen LogP) is 4.37. The average Bonchev–Trinajstić information content (AvgIpc) is 2.92. The van der Waals surface area contributed by atoms with Gasteiger partial charge in [-0.2, -0.15) is 0 Å². The van der Waals surface area contributed by atoms with Gasteiger partial charge >= 0.3 is 0 Å². The summed E-state index contributed by atoms with van der Waals surface area (Å²) in [5, 5.41) is 3.86. The minimum Gasteiger partial charge on any atom is -0.313 e. The van der Waals surface area contributed by atoms with Crippen molar-refractivity contribution < 1.29 is 0 Å².